The number of carbonyl (C=O) groups excluding carboxylic acids is 1. The van der Waals surface area contributed by atoms with Crippen LogP contribution in [0.4, 0.5) is 11.6 Å². The van der Waals surface area contributed by atoms with Crippen LogP contribution in [0.2, 0.25) is 0 Å². The molecule has 1 aromatic heterocycles. The molecule has 7 nitrogen and oxygen atoms in total. The van der Waals surface area contributed by atoms with Gasteiger partial charge in [-0.2, -0.15) is 4.99 Å². The molecule has 7 heteroatoms. The largest absolute Gasteiger partial charge is 0.489 e. The first-order valence-electron chi connectivity index (χ1n) is 12.3. The number of aryl methyl sites for hydroxylation is 2. The zero-order valence-electron chi connectivity index (χ0n) is 21.3. The Balaban J connectivity index is 1.53. The first-order chi connectivity index (χ1) is 18.0. The Kier molecular flexibility index (Phi) is 8.60. The van der Waals surface area contributed by atoms with E-state index in [1.54, 1.807) is 0 Å². The molecule has 0 spiro atoms. The predicted molar refractivity (Wildman–Crippen MR) is 147 cm³/mol. The lowest BCUT2D eigenvalue weighted by Gasteiger charge is -2.17. The summed E-state index contributed by atoms with van der Waals surface area (Å²) in [5.41, 5.74) is 4.38. The number of aromatic nitrogens is 2. The van der Waals surface area contributed by atoms with E-state index in [0.29, 0.717) is 13.0 Å². The zero-order chi connectivity index (χ0) is 26.0. The number of benzene rings is 3. The number of anilines is 1. The van der Waals surface area contributed by atoms with E-state index in [4.69, 9.17) is 4.74 Å². The fraction of sp³-hybridized carbons (Fsp3) is 0.200. The number of carbonyl (C=O) groups is 1. The van der Waals surface area contributed by atoms with Crippen LogP contribution in [0.25, 0.3) is 0 Å². The second kappa shape index (κ2) is 12.4. The monoisotopic (exact) mass is 493 g/mol. The Labute approximate surface area is 217 Å². The van der Waals surface area contributed by atoms with Gasteiger partial charge in [0.1, 0.15) is 12.4 Å². The van der Waals surface area contributed by atoms with E-state index in [2.05, 4.69) is 25.6 Å². The predicted octanol–water partition coefficient (Wildman–Crippen LogP) is 6.08. The van der Waals surface area contributed by atoms with Crippen LogP contribution in [0, 0.1) is 13.8 Å². The molecule has 0 aliphatic carbocycles. The maximum absolute atomic E-state index is 13.3. The van der Waals surface area contributed by atoms with E-state index < -0.39 is 0 Å². The summed E-state index contributed by atoms with van der Waals surface area (Å²) in [5.74, 6) is 0.789. The molecule has 4 rings (SSSR count). The van der Waals surface area contributed by atoms with E-state index >= 15 is 0 Å². The van der Waals surface area contributed by atoms with Crippen molar-refractivity contribution >= 4 is 23.5 Å². The van der Waals surface area contributed by atoms with Gasteiger partial charge in [0.05, 0.1) is 5.92 Å². The maximum Gasteiger partial charge on any atom is 0.253 e. The molecule has 1 heterocycles. The van der Waals surface area contributed by atoms with Gasteiger partial charge in [-0.15, -0.1) is 0 Å². The molecular weight excluding hydrogens is 462 g/mol. The molecule has 0 saturated heterocycles. The van der Waals surface area contributed by atoms with Gasteiger partial charge in [-0.25, -0.2) is 9.97 Å². The molecule has 0 bridgehead atoms. The minimum absolute atomic E-state index is 0.160. The smallest absolute Gasteiger partial charge is 0.253 e. The highest BCUT2D eigenvalue weighted by Gasteiger charge is 2.20. The summed E-state index contributed by atoms with van der Waals surface area (Å²) < 4.78 is 5.89. The molecule has 1 atom stereocenters. The van der Waals surface area contributed by atoms with Crippen LogP contribution in [-0.4, -0.2) is 21.8 Å². The van der Waals surface area contributed by atoms with Gasteiger partial charge in [-0.1, -0.05) is 67.6 Å². The van der Waals surface area contributed by atoms with Crippen molar-refractivity contribution in [3.8, 4) is 5.75 Å². The van der Waals surface area contributed by atoms with Crippen molar-refractivity contribution in [1.29, 1.82) is 0 Å². The number of hydrogen-bond acceptors (Lipinski definition) is 5. The molecule has 37 heavy (non-hydrogen) atoms. The van der Waals surface area contributed by atoms with Crippen molar-refractivity contribution in [3.05, 3.63) is 114 Å². The zero-order valence-corrected chi connectivity index (χ0v) is 21.3. The summed E-state index contributed by atoms with van der Waals surface area (Å²) in [6.45, 7) is 6.24. The van der Waals surface area contributed by atoms with Crippen LogP contribution >= 0.6 is 0 Å². The summed E-state index contributed by atoms with van der Waals surface area (Å²) in [5, 5.41) is 6.16. The van der Waals surface area contributed by atoms with Crippen molar-refractivity contribution in [2.24, 2.45) is 4.99 Å². The summed E-state index contributed by atoms with van der Waals surface area (Å²) >= 11 is 0. The minimum Gasteiger partial charge on any atom is -0.489 e. The molecule has 0 fully saturated rings. The highest BCUT2D eigenvalue weighted by Crippen LogP contribution is 2.21. The Bertz CT molecular complexity index is 1320. The van der Waals surface area contributed by atoms with Gasteiger partial charge in [0.2, 0.25) is 11.9 Å². The number of guanidine groups is 1. The van der Waals surface area contributed by atoms with Gasteiger partial charge >= 0.3 is 0 Å². The number of nitrogens with zero attached hydrogens (tertiary/aromatic N) is 3. The number of ether oxygens (including phenoxy) is 1. The number of nitrogens with one attached hydrogen (secondary N) is 2. The number of rotatable bonds is 8. The summed E-state index contributed by atoms with van der Waals surface area (Å²) in [7, 11) is 0. The quantitative estimate of drug-likeness (QED) is 0.229. The van der Waals surface area contributed by atoms with E-state index in [-0.39, 0.29) is 23.7 Å². The van der Waals surface area contributed by atoms with Crippen LogP contribution < -0.4 is 15.4 Å². The average Bonchev–Trinajstić information content (AvgIpc) is 2.89. The van der Waals surface area contributed by atoms with E-state index in [9.17, 15) is 4.79 Å². The van der Waals surface area contributed by atoms with Crippen LogP contribution in [0.15, 0.2) is 96.0 Å². The van der Waals surface area contributed by atoms with Crippen molar-refractivity contribution < 1.29 is 9.53 Å². The lowest BCUT2D eigenvalue weighted by molar-refractivity contribution is -0.121. The Morgan fingerprint density at radius 2 is 1.51 bits per heavy atom. The number of amides is 1. The van der Waals surface area contributed by atoms with Crippen LogP contribution in [-0.2, 0) is 11.4 Å². The number of aliphatic imine (C=N–C) groups is 1. The molecule has 4 aromatic rings. The van der Waals surface area contributed by atoms with Gasteiger partial charge in [0.25, 0.3) is 5.95 Å². The fourth-order valence-corrected chi connectivity index (χ4v) is 3.92. The lowest BCUT2D eigenvalue weighted by Crippen LogP contribution is -2.38. The minimum atomic E-state index is -0.317. The third kappa shape index (κ3) is 7.48. The van der Waals surface area contributed by atoms with Crippen LogP contribution in [0.3, 0.4) is 0 Å². The van der Waals surface area contributed by atoms with Gasteiger partial charge in [-0.3, -0.25) is 10.1 Å². The molecular formula is C30H31N5O2. The van der Waals surface area contributed by atoms with E-state index in [1.807, 2.05) is 112 Å². The summed E-state index contributed by atoms with van der Waals surface area (Å²) in [6.07, 6.45) is 0.649. The average molecular weight is 494 g/mol. The molecule has 0 radical (unpaired) electrons. The first kappa shape index (κ1) is 25.6. The Hall–Kier alpha value is -4.52. The van der Waals surface area contributed by atoms with Crippen molar-refractivity contribution in [2.45, 2.75) is 39.7 Å². The van der Waals surface area contributed by atoms with Gasteiger partial charge in [0.15, 0.2) is 0 Å². The second-order valence-corrected chi connectivity index (χ2v) is 8.70. The Morgan fingerprint density at radius 1 is 0.892 bits per heavy atom. The molecule has 3 aromatic carbocycles. The molecule has 0 unspecified atom stereocenters. The first-order valence-corrected chi connectivity index (χ1v) is 12.3. The molecule has 2 N–H and O–H groups in total. The number of hydrogen-bond donors (Lipinski definition) is 2. The van der Waals surface area contributed by atoms with Crippen molar-refractivity contribution in [3.63, 3.8) is 0 Å². The summed E-state index contributed by atoms with van der Waals surface area (Å²) in [6, 6.07) is 29.1. The van der Waals surface area contributed by atoms with Gasteiger partial charge in [-0.05, 0) is 61.7 Å². The van der Waals surface area contributed by atoms with Crippen molar-refractivity contribution in [1.82, 2.24) is 15.3 Å². The Morgan fingerprint density at radius 3 is 2.14 bits per heavy atom. The van der Waals surface area contributed by atoms with Gasteiger partial charge in [0, 0.05) is 17.1 Å². The SMILES string of the molecule is CC[C@H](C(=O)NC(=Nc1nc(C)cc(C)n1)Nc1ccc(OCc2ccccc2)cc1)c1ccccc1. The standard InChI is InChI=1S/C30H31N5O2/c1-4-27(24-13-9-6-10-14-24)28(36)34-30(35-29-31-21(2)19-22(3)32-29)33-25-15-17-26(18-16-25)37-20-23-11-7-5-8-12-23/h5-19,27H,4,20H2,1-3H3,(H2,31,32,33,34,35,36)/t27-/m0/s1. The third-order valence-electron chi connectivity index (χ3n) is 5.72. The molecule has 0 saturated carbocycles. The summed E-state index contributed by atoms with van der Waals surface area (Å²) in [4.78, 5) is 26.6. The van der Waals surface area contributed by atoms with E-state index in [0.717, 1.165) is 34.0 Å². The molecule has 1 amide bonds. The lowest BCUT2D eigenvalue weighted by atomic mass is 9.96. The fourth-order valence-electron chi connectivity index (χ4n) is 3.92. The normalized spacial score (nSPS) is 12.0. The maximum atomic E-state index is 13.3. The second-order valence-electron chi connectivity index (χ2n) is 8.70. The van der Waals surface area contributed by atoms with Crippen molar-refractivity contribution in [2.75, 3.05) is 5.32 Å². The van der Waals surface area contributed by atoms with Gasteiger partial charge < -0.3 is 10.1 Å². The van der Waals surface area contributed by atoms with E-state index in [1.165, 1.54) is 0 Å². The highest BCUT2D eigenvalue weighted by atomic mass is 16.5. The third-order valence-corrected chi connectivity index (χ3v) is 5.72. The molecule has 0 aliphatic heterocycles. The highest BCUT2D eigenvalue weighted by molar-refractivity contribution is 6.06. The van der Waals surface area contributed by atoms with Crippen LogP contribution in [0.1, 0.15) is 41.8 Å². The van der Waals surface area contributed by atoms with Crippen LogP contribution in [0.5, 0.6) is 5.75 Å². The topological polar surface area (TPSA) is 88.5 Å². The molecule has 0 aliphatic rings. The molecule has 188 valence electrons.